The zero-order chi connectivity index (χ0) is 13.6. The standard InChI is InChI=1S/C19H22O/c1-20-18-7-6-14-8-9-19(13-17(14)10-18)11-15-4-2-3-5-16(15)12-19/h2-6,13,18H,7-12H2,1H3. The molecule has 0 heterocycles. The molecule has 0 bridgehead atoms. The zero-order valence-corrected chi connectivity index (χ0v) is 12.2. The Balaban J connectivity index is 1.66. The first-order chi connectivity index (χ1) is 9.78. The molecule has 1 spiro atoms. The fraction of sp³-hybridized carbons (Fsp3) is 0.474. The minimum atomic E-state index is 0.393. The summed E-state index contributed by atoms with van der Waals surface area (Å²) in [5.41, 5.74) is 6.69. The van der Waals surface area contributed by atoms with Crippen LogP contribution in [0.5, 0.6) is 0 Å². The van der Waals surface area contributed by atoms with E-state index in [9.17, 15) is 0 Å². The Morgan fingerprint density at radius 1 is 1.10 bits per heavy atom. The minimum absolute atomic E-state index is 0.393. The predicted octanol–water partition coefficient (Wildman–Crippen LogP) is 4.23. The maximum absolute atomic E-state index is 5.57. The van der Waals surface area contributed by atoms with Gasteiger partial charge in [0.25, 0.3) is 0 Å². The van der Waals surface area contributed by atoms with E-state index < -0.39 is 0 Å². The number of benzene rings is 1. The van der Waals surface area contributed by atoms with Crippen molar-refractivity contribution in [1.82, 2.24) is 0 Å². The maximum atomic E-state index is 5.57. The van der Waals surface area contributed by atoms with Gasteiger partial charge in [0.15, 0.2) is 0 Å². The second-order valence-electron chi connectivity index (χ2n) is 6.68. The largest absolute Gasteiger partial charge is 0.381 e. The second kappa shape index (κ2) is 4.60. The van der Waals surface area contributed by atoms with Gasteiger partial charge in [-0.1, -0.05) is 36.4 Å². The molecule has 20 heavy (non-hydrogen) atoms. The summed E-state index contributed by atoms with van der Waals surface area (Å²) in [5.74, 6) is 0. The van der Waals surface area contributed by atoms with E-state index in [4.69, 9.17) is 4.74 Å². The van der Waals surface area contributed by atoms with Crippen molar-refractivity contribution in [2.45, 2.75) is 44.6 Å². The molecule has 0 saturated heterocycles. The first kappa shape index (κ1) is 12.4. The van der Waals surface area contributed by atoms with Gasteiger partial charge < -0.3 is 4.74 Å². The fourth-order valence-electron chi connectivity index (χ4n) is 4.29. The highest BCUT2D eigenvalue weighted by atomic mass is 16.5. The number of methoxy groups -OCH3 is 1. The van der Waals surface area contributed by atoms with E-state index in [1.807, 2.05) is 7.11 Å². The molecular formula is C19H22O. The molecule has 4 rings (SSSR count). The van der Waals surface area contributed by atoms with E-state index in [0.29, 0.717) is 11.5 Å². The van der Waals surface area contributed by atoms with E-state index in [0.717, 1.165) is 12.8 Å². The van der Waals surface area contributed by atoms with E-state index in [2.05, 4.69) is 36.4 Å². The van der Waals surface area contributed by atoms with Gasteiger partial charge >= 0.3 is 0 Å². The quantitative estimate of drug-likeness (QED) is 0.739. The van der Waals surface area contributed by atoms with Crippen molar-refractivity contribution in [3.05, 3.63) is 58.7 Å². The number of ether oxygens (including phenoxy) is 1. The van der Waals surface area contributed by atoms with Crippen molar-refractivity contribution in [1.29, 1.82) is 0 Å². The van der Waals surface area contributed by atoms with Crippen LogP contribution in [-0.4, -0.2) is 13.2 Å². The van der Waals surface area contributed by atoms with E-state index in [1.54, 1.807) is 22.3 Å². The van der Waals surface area contributed by atoms with Crippen LogP contribution >= 0.6 is 0 Å². The third-order valence-electron chi connectivity index (χ3n) is 5.40. The summed E-state index contributed by atoms with van der Waals surface area (Å²) in [6.07, 6.45) is 12.7. The fourth-order valence-corrected chi connectivity index (χ4v) is 4.29. The molecule has 1 heteroatoms. The molecule has 0 fully saturated rings. The Kier molecular flexibility index (Phi) is 2.85. The summed E-state index contributed by atoms with van der Waals surface area (Å²) in [6.45, 7) is 0. The van der Waals surface area contributed by atoms with Crippen molar-refractivity contribution < 1.29 is 4.74 Å². The van der Waals surface area contributed by atoms with Gasteiger partial charge in [-0.05, 0) is 66.2 Å². The number of fused-ring (bicyclic) bond motifs is 2. The Labute approximate surface area is 121 Å². The maximum Gasteiger partial charge on any atom is 0.0646 e. The molecule has 1 unspecified atom stereocenters. The van der Waals surface area contributed by atoms with Crippen molar-refractivity contribution in [2.75, 3.05) is 7.11 Å². The molecule has 104 valence electrons. The number of allylic oxidation sites excluding steroid dienone is 2. The van der Waals surface area contributed by atoms with Crippen molar-refractivity contribution in [3.63, 3.8) is 0 Å². The van der Waals surface area contributed by atoms with E-state index >= 15 is 0 Å². The Morgan fingerprint density at radius 3 is 2.55 bits per heavy atom. The lowest BCUT2D eigenvalue weighted by atomic mass is 9.70. The molecule has 1 aromatic carbocycles. The summed E-state index contributed by atoms with van der Waals surface area (Å²) in [7, 11) is 1.84. The third kappa shape index (κ3) is 1.96. The molecule has 0 aromatic heterocycles. The second-order valence-corrected chi connectivity index (χ2v) is 6.68. The van der Waals surface area contributed by atoms with E-state index in [1.165, 1.54) is 25.7 Å². The summed E-state index contributed by atoms with van der Waals surface area (Å²) in [4.78, 5) is 0. The van der Waals surface area contributed by atoms with Crippen LogP contribution in [0.1, 0.15) is 36.8 Å². The minimum Gasteiger partial charge on any atom is -0.381 e. The molecule has 0 N–H and O–H groups in total. The van der Waals surface area contributed by atoms with Crippen LogP contribution in [0, 0.1) is 5.41 Å². The number of hydrogen-bond acceptors (Lipinski definition) is 1. The molecule has 0 saturated carbocycles. The first-order valence-corrected chi connectivity index (χ1v) is 7.79. The average Bonchev–Trinajstić information content (AvgIpc) is 2.83. The number of hydrogen-bond donors (Lipinski definition) is 0. The Hall–Kier alpha value is -1.34. The van der Waals surface area contributed by atoms with Gasteiger partial charge in [-0.2, -0.15) is 0 Å². The highest BCUT2D eigenvalue weighted by Gasteiger charge is 2.38. The third-order valence-corrected chi connectivity index (χ3v) is 5.40. The highest BCUT2D eigenvalue weighted by molar-refractivity contribution is 5.44. The summed E-state index contributed by atoms with van der Waals surface area (Å²) in [5, 5.41) is 0. The van der Waals surface area contributed by atoms with Gasteiger partial charge in [-0.3, -0.25) is 0 Å². The lowest BCUT2D eigenvalue weighted by Gasteiger charge is -2.36. The summed E-state index contributed by atoms with van der Waals surface area (Å²) >= 11 is 0. The zero-order valence-electron chi connectivity index (χ0n) is 12.2. The van der Waals surface area contributed by atoms with Gasteiger partial charge in [-0.25, -0.2) is 0 Å². The molecule has 3 aliphatic rings. The van der Waals surface area contributed by atoms with Crippen molar-refractivity contribution >= 4 is 0 Å². The van der Waals surface area contributed by atoms with Crippen LogP contribution in [0.25, 0.3) is 0 Å². The molecule has 3 aliphatic carbocycles. The summed E-state index contributed by atoms with van der Waals surface area (Å²) in [6, 6.07) is 8.99. The molecule has 0 amide bonds. The molecule has 1 aromatic rings. The monoisotopic (exact) mass is 266 g/mol. The lowest BCUT2D eigenvalue weighted by molar-refractivity contribution is 0.102. The van der Waals surface area contributed by atoms with Gasteiger partial charge in [0, 0.05) is 7.11 Å². The van der Waals surface area contributed by atoms with Crippen LogP contribution in [0.15, 0.2) is 47.6 Å². The average molecular weight is 266 g/mol. The molecular weight excluding hydrogens is 244 g/mol. The molecule has 0 radical (unpaired) electrons. The first-order valence-electron chi connectivity index (χ1n) is 7.79. The smallest absolute Gasteiger partial charge is 0.0646 e. The van der Waals surface area contributed by atoms with Crippen molar-refractivity contribution in [2.24, 2.45) is 5.41 Å². The lowest BCUT2D eigenvalue weighted by Crippen LogP contribution is -2.26. The normalized spacial score (nSPS) is 26.8. The van der Waals surface area contributed by atoms with Gasteiger partial charge in [0.2, 0.25) is 0 Å². The number of rotatable bonds is 1. The van der Waals surface area contributed by atoms with E-state index in [-0.39, 0.29) is 0 Å². The SMILES string of the molecule is COC1CC=C2CCC3(C=C2C1)Cc1ccccc1C3. The van der Waals surface area contributed by atoms with Crippen LogP contribution in [0.3, 0.4) is 0 Å². The van der Waals surface area contributed by atoms with Crippen LogP contribution in [0.4, 0.5) is 0 Å². The summed E-state index contributed by atoms with van der Waals surface area (Å²) < 4.78 is 5.57. The van der Waals surface area contributed by atoms with Gasteiger partial charge in [0.05, 0.1) is 6.10 Å². The predicted molar refractivity (Wildman–Crippen MR) is 81.7 cm³/mol. The van der Waals surface area contributed by atoms with Crippen LogP contribution < -0.4 is 0 Å². The topological polar surface area (TPSA) is 9.23 Å². The Bertz CT molecular complexity index is 569. The highest BCUT2D eigenvalue weighted by Crippen LogP contribution is 2.48. The molecule has 1 atom stereocenters. The molecule has 1 nitrogen and oxygen atoms in total. The van der Waals surface area contributed by atoms with Crippen LogP contribution in [0.2, 0.25) is 0 Å². The van der Waals surface area contributed by atoms with Crippen LogP contribution in [-0.2, 0) is 17.6 Å². The molecule has 0 aliphatic heterocycles. The van der Waals surface area contributed by atoms with Gasteiger partial charge in [-0.15, -0.1) is 0 Å². The van der Waals surface area contributed by atoms with Crippen molar-refractivity contribution in [3.8, 4) is 0 Å². The Morgan fingerprint density at radius 2 is 1.85 bits per heavy atom. The van der Waals surface area contributed by atoms with Gasteiger partial charge in [0.1, 0.15) is 0 Å².